The largest absolute Gasteiger partial charge is 0.478 e. The van der Waals surface area contributed by atoms with Crippen molar-refractivity contribution in [2.45, 2.75) is 19.9 Å². The number of nitro benzene ring substituents is 1. The molecule has 1 N–H and O–H groups in total. The van der Waals surface area contributed by atoms with Crippen molar-refractivity contribution in [3.8, 4) is 5.88 Å². The molecule has 1 amide bonds. The molecule has 7 heteroatoms. The minimum atomic E-state index is -0.471. The summed E-state index contributed by atoms with van der Waals surface area (Å²) < 4.78 is 5.40. The van der Waals surface area contributed by atoms with E-state index in [-0.39, 0.29) is 18.0 Å². The van der Waals surface area contributed by atoms with E-state index in [1.807, 2.05) is 13.0 Å². The molecule has 2 rings (SSSR count). The first-order valence-corrected chi connectivity index (χ1v) is 7.17. The molecule has 120 valence electrons. The predicted molar refractivity (Wildman–Crippen MR) is 84.1 cm³/mol. The normalized spacial score (nSPS) is 10.1. The molecule has 2 aromatic rings. The number of nitro groups is 1. The lowest BCUT2D eigenvalue weighted by Gasteiger charge is -2.09. The highest BCUT2D eigenvalue weighted by Gasteiger charge is 2.09. The molecule has 0 radical (unpaired) electrons. The monoisotopic (exact) mass is 315 g/mol. The number of carbonyl (C=O) groups is 1. The standard InChI is InChI=1S/C16H17N3O4/c1-2-23-16-13(4-3-9-17-16)11-18-15(20)10-12-5-7-14(8-6-12)19(21)22/h3-9H,2,10-11H2,1H3,(H,18,20). The van der Waals surface area contributed by atoms with Gasteiger partial charge in [-0.1, -0.05) is 18.2 Å². The van der Waals surface area contributed by atoms with Gasteiger partial charge in [-0.3, -0.25) is 14.9 Å². The molecule has 0 aliphatic rings. The lowest BCUT2D eigenvalue weighted by atomic mass is 10.1. The molecule has 1 aromatic heterocycles. The highest BCUT2D eigenvalue weighted by molar-refractivity contribution is 5.78. The van der Waals surface area contributed by atoms with Crippen LogP contribution in [0.25, 0.3) is 0 Å². The molecular weight excluding hydrogens is 298 g/mol. The van der Waals surface area contributed by atoms with Crippen molar-refractivity contribution in [2.24, 2.45) is 0 Å². The maximum absolute atomic E-state index is 12.0. The van der Waals surface area contributed by atoms with Crippen LogP contribution in [-0.4, -0.2) is 22.4 Å². The Bertz CT molecular complexity index is 686. The van der Waals surface area contributed by atoms with E-state index in [1.54, 1.807) is 24.4 Å². The number of ether oxygens (including phenoxy) is 1. The number of aromatic nitrogens is 1. The van der Waals surface area contributed by atoms with Gasteiger partial charge in [-0.15, -0.1) is 0 Å². The molecule has 0 aliphatic carbocycles. The molecule has 23 heavy (non-hydrogen) atoms. The van der Waals surface area contributed by atoms with Crippen molar-refractivity contribution < 1.29 is 14.5 Å². The Morgan fingerprint density at radius 1 is 1.30 bits per heavy atom. The zero-order valence-corrected chi connectivity index (χ0v) is 12.7. The number of benzene rings is 1. The van der Waals surface area contributed by atoms with E-state index in [2.05, 4.69) is 10.3 Å². The van der Waals surface area contributed by atoms with E-state index in [1.165, 1.54) is 12.1 Å². The molecular formula is C16H17N3O4. The van der Waals surface area contributed by atoms with Gasteiger partial charge in [0.15, 0.2) is 0 Å². The average molecular weight is 315 g/mol. The topological polar surface area (TPSA) is 94.4 Å². The van der Waals surface area contributed by atoms with Crippen LogP contribution in [0.4, 0.5) is 5.69 Å². The maximum Gasteiger partial charge on any atom is 0.269 e. The van der Waals surface area contributed by atoms with Gasteiger partial charge in [-0.05, 0) is 18.6 Å². The van der Waals surface area contributed by atoms with Gasteiger partial charge in [0.2, 0.25) is 11.8 Å². The van der Waals surface area contributed by atoms with Crippen LogP contribution in [-0.2, 0) is 17.8 Å². The van der Waals surface area contributed by atoms with Crippen LogP contribution in [0.15, 0.2) is 42.6 Å². The molecule has 0 fully saturated rings. The fourth-order valence-corrected chi connectivity index (χ4v) is 2.00. The van der Waals surface area contributed by atoms with Crippen LogP contribution in [0.5, 0.6) is 5.88 Å². The number of nitrogens with zero attached hydrogens (tertiary/aromatic N) is 2. The third-order valence-electron chi connectivity index (χ3n) is 3.12. The second kappa shape index (κ2) is 7.88. The van der Waals surface area contributed by atoms with Crippen molar-refractivity contribution in [1.29, 1.82) is 0 Å². The van der Waals surface area contributed by atoms with Gasteiger partial charge in [-0.25, -0.2) is 4.98 Å². The van der Waals surface area contributed by atoms with Crippen LogP contribution >= 0.6 is 0 Å². The molecule has 7 nitrogen and oxygen atoms in total. The summed E-state index contributed by atoms with van der Waals surface area (Å²) in [6.45, 7) is 2.68. The van der Waals surface area contributed by atoms with Gasteiger partial charge in [0.25, 0.3) is 5.69 Å². The van der Waals surface area contributed by atoms with Crippen molar-refractivity contribution in [1.82, 2.24) is 10.3 Å². The second-order valence-corrected chi connectivity index (χ2v) is 4.78. The van der Waals surface area contributed by atoms with Gasteiger partial charge in [-0.2, -0.15) is 0 Å². The van der Waals surface area contributed by atoms with E-state index < -0.39 is 4.92 Å². The maximum atomic E-state index is 12.0. The Labute approximate surface area is 133 Å². The summed E-state index contributed by atoms with van der Waals surface area (Å²) in [5, 5.41) is 13.4. The lowest BCUT2D eigenvalue weighted by Crippen LogP contribution is -2.25. The first-order valence-electron chi connectivity index (χ1n) is 7.17. The molecule has 0 bridgehead atoms. The van der Waals surface area contributed by atoms with Crippen LogP contribution in [0.1, 0.15) is 18.1 Å². The summed E-state index contributed by atoms with van der Waals surface area (Å²) in [6, 6.07) is 9.54. The summed E-state index contributed by atoms with van der Waals surface area (Å²) in [5.74, 6) is 0.329. The van der Waals surface area contributed by atoms with Crippen molar-refractivity contribution in [2.75, 3.05) is 6.61 Å². The molecule has 0 unspecified atom stereocenters. The predicted octanol–water partition coefficient (Wildman–Crippen LogP) is 2.25. The molecule has 0 saturated heterocycles. The highest BCUT2D eigenvalue weighted by atomic mass is 16.6. The number of rotatable bonds is 7. The van der Waals surface area contributed by atoms with Gasteiger partial charge in [0.1, 0.15) is 0 Å². The number of hydrogen-bond donors (Lipinski definition) is 1. The first kappa shape index (κ1) is 16.4. The number of carbonyl (C=O) groups excluding carboxylic acids is 1. The zero-order valence-electron chi connectivity index (χ0n) is 12.7. The summed E-state index contributed by atoms with van der Waals surface area (Å²) in [7, 11) is 0. The number of non-ortho nitro benzene ring substituents is 1. The number of nitrogens with one attached hydrogen (secondary N) is 1. The van der Waals surface area contributed by atoms with Crippen LogP contribution in [0, 0.1) is 10.1 Å². The van der Waals surface area contributed by atoms with Crippen LogP contribution in [0.3, 0.4) is 0 Å². The van der Waals surface area contributed by atoms with Gasteiger partial charge in [0, 0.05) is 30.4 Å². The van der Waals surface area contributed by atoms with E-state index in [4.69, 9.17) is 4.74 Å². The van der Waals surface area contributed by atoms with Crippen molar-refractivity contribution in [3.05, 3.63) is 63.8 Å². The van der Waals surface area contributed by atoms with Crippen molar-refractivity contribution >= 4 is 11.6 Å². The van der Waals surface area contributed by atoms with E-state index in [0.717, 1.165) is 5.56 Å². The van der Waals surface area contributed by atoms with Crippen LogP contribution in [0.2, 0.25) is 0 Å². The van der Waals surface area contributed by atoms with Gasteiger partial charge in [0.05, 0.1) is 18.0 Å². The number of pyridine rings is 1. The van der Waals surface area contributed by atoms with E-state index >= 15 is 0 Å². The average Bonchev–Trinajstić information content (AvgIpc) is 2.55. The van der Waals surface area contributed by atoms with Gasteiger partial charge < -0.3 is 10.1 Å². The first-order chi connectivity index (χ1) is 11.1. The molecule has 1 heterocycles. The Morgan fingerprint density at radius 2 is 2.04 bits per heavy atom. The third-order valence-corrected chi connectivity index (χ3v) is 3.12. The second-order valence-electron chi connectivity index (χ2n) is 4.78. The van der Waals surface area contributed by atoms with E-state index in [0.29, 0.717) is 24.6 Å². The fourth-order valence-electron chi connectivity index (χ4n) is 2.00. The smallest absolute Gasteiger partial charge is 0.269 e. The Hall–Kier alpha value is -2.96. The van der Waals surface area contributed by atoms with Gasteiger partial charge >= 0.3 is 0 Å². The minimum absolute atomic E-state index is 0.00544. The quantitative estimate of drug-likeness (QED) is 0.624. The summed E-state index contributed by atoms with van der Waals surface area (Å²) in [5.41, 5.74) is 1.52. The summed E-state index contributed by atoms with van der Waals surface area (Å²) in [6.07, 6.45) is 1.79. The Balaban J connectivity index is 1.91. The minimum Gasteiger partial charge on any atom is -0.478 e. The zero-order chi connectivity index (χ0) is 16.7. The molecule has 0 aliphatic heterocycles. The molecule has 0 atom stereocenters. The lowest BCUT2D eigenvalue weighted by molar-refractivity contribution is -0.384. The molecule has 0 saturated carbocycles. The number of hydrogen-bond acceptors (Lipinski definition) is 5. The third kappa shape index (κ3) is 4.77. The summed E-state index contributed by atoms with van der Waals surface area (Å²) in [4.78, 5) is 26.2. The van der Waals surface area contributed by atoms with Crippen LogP contribution < -0.4 is 10.1 Å². The Morgan fingerprint density at radius 3 is 2.70 bits per heavy atom. The van der Waals surface area contributed by atoms with E-state index in [9.17, 15) is 14.9 Å². The summed E-state index contributed by atoms with van der Waals surface area (Å²) >= 11 is 0. The highest BCUT2D eigenvalue weighted by Crippen LogP contribution is 2.14. The fraction of sp³-hybridized carbons (Fsp3) is 0.250. The Kier molecular flexibility index (Phi) is 5.62. The SMILES string of the molecule is CCOc1ncccc1CNC(=O)Cc1ccc([N+](=O)[O-])cc1. The van der Waals surface area contributed by atoms with Crippen molar-refractivity contribution in [3.63, 3.8) is 0 Å². The molecule has 0 spiro atoms. The number of amides is 1. The molecule has 1 aromatic carbocycles.